The van der Waals surface area contributed by atoms with Crippen LogP contribution in [0.3, 0.4) is 0 Å². The molecule has 0 aromatic carbocycles. The van der Waals surface area contributed by atoms with Crippen LogP contribution in [0.15, 0.2) is 0 Å². The second-order valence-electron chi connectivity index (χ2n) is 0.401. The fourth-order valence-electron chi connectivity index (χ4n) is 0. The summed E-state index contributed by atoms with van der Waals surface area (Å²) >= 11 is 4.09. The molecule has 4 heteroatoms. The average molecular weight is 118 g/mol. The summed E-state index contributed by atoms with van der Waals surface area (Å²) in [6.07, 6.45) is 1.45. The summed E-state index contributed by atoms with van der Waals surface area (Å²) in [6, 6.07) is 0. The van der Waals surface area contributed by atoms with Gasteiger partial charge in [-0.3, -0.25) is 0 Å². The maximum absolute atomic E-state index is 9.37. The van der Waals surface area contributed by atoms with Crippen molar-refractivity contribution in [2.75, 3.05) is 6.26 Å². The summed E-state index contributed by atoms with van der Waals surface area (Å²) in [7, 11) is -1.03. The molecule has 1 unspecified atom stereocenters. The Balaban J connectivity index is 0. The molecular formula is CH3NaOS2. The molecular weight excluding hydrogens is 115 g/mol. The van der Waals surface area contributed by atoms with E-state index >= 15 is 0 Å². The molecule has 0 aliphatic carbocycles. The molecule has 5 heavy (non-hydrogen) atoms. The zero-order valence-corrected chi connectivity index (χ0v) is 6.86. The number of hydrogen-bond donors (Lipinski definition) is 0. The van der Waals surface area contributed by atoms with Crippen molar-refractivity contribution in [3.05, 3.63) is 0 Å². The molecule has 1 nitrogen and oxygen atoms in total. The van der Waals surface area contributed by atoms with E-state index in [0.29, 0.717) is 0 Å². The molecule has 0 aromatic heterocycles. The molecule has 0 saturated heterocycles. The first-order valence-corrected chi connectivity index (χ1v) is 3.22. The molecule has 0 saturated carbocycles. The number of hydrogen-bond acceptors (Lipinski definition) is 2. The van der Waals surface area contributed by atoms with Crippen molar-refractivity contribution < 1.29 is 34.1 Å². The summed E-state index contributed by atoms with van der Waals surface area (Å²) in [4.78, 5) is 0. The Hall–Kier alpha value is 1.53. The largest absolute Gasteiger partial charge is 1.00 e. The van der Waals surface area contributed by atoms with Crippen molar-refractivity contribution in [2.24, 2.45) is 0 Å². The van der Waals surface area contributed by atoms with E-state index in [1.54, 1.807) is 0 Å². The summed E-state index contributed by atoms with van der Waals surface area (Å²) < 4.78 is 9.37. The third-order valence-electron chi connectivity index (χ3n) is 0. The van der Waals surface area contributed by atoms with Gasteiger partial charge in [-0.15, -0.1) is 0 Å². The van der Waals surface area contributed by atoms with Crippen LogP contribution in [0, 0.1) is 0 Å². The molecule has 0 aliphatic heterocycles. The topological polar surface area (TPSA) is 23.1 Å². The second-order valence-corrected chi connectivity index (χ2v) is 2.61. The van der Waals surface area contributed by atoms with Gasteiger partial charge in [0.25, 0.3) is 0 Å². The van der Waals surface area contributed by atoms with Crippen molar-refractivity contribution in [3.63, 3.8) is 0 Å². The fourth-order valence-corrected chi connectivity index (χ4v) is 0. The van der Waals surface area contributed by atoms with Gasteiger partial charge in [0.05, 0.1) is 0 Å². The molecule has 0 amide bonds. The van der Waals surface area contributed by atoms with Crippen LogP contribution < -0.4 is 29.6 Å². The van der Waals surface area contributed by atoms with Crippen LogP contribution in [0.4, 0.5) is 0 Å². The maximum atomic E-state index is 9.37. The van der Waals surface area contributed by atoms with Gasteiger partial charge in [-0.1, -0.05) is 11.2 Å². The normalized spacial score (nSPS) is 12.4. The third kappa shape index (κ3) is 29.4. The van der Waals surface area contributed by atoms with Gasteiger partial charge in [0, 0.05) is 0 Å². The van der Waals surface area contributed by atoms with Gasteiger partial charge in [-0.05, 0) is 6.26 Å². The van der Waals surface area contributed by atoms with Gasteiger partial charge in [0.15, 0.2) is 0 Å². The van der Waals surface area contributed by atoms with E-state index < -0.39 is 9.74 Å². The molecule has 26 valence electrons. The van der Waals surface area contributed by atoms with E-state index in [9.17, 15) is 4.55 Å². The van der Waals surface area contributed by atoms with Crippen LogP contribution in [0.25, 0.3) is 0 Å². The predicted molar refractivity (Wildman–Crippen MR) is 21.4 cm³/mol. The van der Waals surface area contributed by atoms with Gasteiger partial charge in [0.1, 0.15) is 0 Å². The predicted octanol–water partition coefficient (Wildman–Crippen LogP) is -3.17. The Morgan fingerprint density at radius 2 is 1.80 bits per heavy atom. The smallest absolute Gasteiger partial charge is 0.795 e. The van der Waals surface area contributed by atoms with Crippen LogP contribution in [-0.2, 0) is 20.9 Å². The zero-order valence-electron chi connectivity index (χ0n) is 3.22. The van der Waals surface area contributed by atoms with E-state index in [0.717, 1.165) is 0 Å². The van der Waals surface area contributed by atoms with Crippen molar-refractivity contribution in [1.29, 1.82) is 0 Å². The Kier molecular flexibility index (Phi) is 10.8. The van der Waals surface area contributed by atoms with Crippen molar-refractivity contribution >= 4 is 20.9 Å². The Bertz CT molecular complexity index is 32.6. The monoisotopic (exact) mass is 118 g/mol. The summed E-state index contributed by atoms with van der Waals surface area (Å²) in [6.45, 7) is 0. The van der Waals surface area contributed by atoms with E-state index in [2.05, 4.69) is 11.2 Å². The summed E-state index contributed by atoms with van der Waals surface area (Å²) in [5.74, 6) is 0. The minimum Gasteiger partial charge on any atom is -0.795 e. The van der Waals surface area contributed by atoms with Crippen LogP contribution in [-0.4, -0.2) is 10.8 Å². The Morgan fingerprint density at radius 3 is 1.80 bits per heavy atom. The average Bonchev–Trinajstić information content (AvgIpc) is 0.811. The fraction of sp³-hybridized carbons (Fsp3) is 1.00. The van der Waals surface area contributed by atoms with Gasteiger partial charge in [-0.25, -0.2) is 9.74 Å². The first-order chi connectivity index (χ1) is 1.73. The third-order valence-corrected chi connectivity index (χ3v) is 0. The van der Waals surface area contributed by atoms with Gasteiger partial charge < -0.3 is 4.55 Å². The van der Waals surface area contributed by atoms with E-state index in [1.165, 1.54) is 6.26 Å². The second kappa shape index (κ2) is 5.53. The first kappa shape index (κ1) is 9.73. The molecule has 0 heterocycles. The molecule has 1 atom stereocenters. The van der Waals surface area contributed by atoms with Crippen LogP contribution in [0.2, 0.25) is 0 Å². The SMILES string of the molecule is CS([O-])=S.[Na+]. The summed E-state index contributed by atoms with van der Waals surface area (Å²) in [5, 5.41) is 0. The molecule has 0 spiro atoms. The minimum atomic E-state index is -1.03. The van der Waals surface area contributed by atoms with E-state index in [-0.39, 0.29) is 29.6 Å². The van der Waals surface area contributed by atoms with Crippen molar-refractivity contribution in [1.82, 2.24) is 0 Å². The molecule has 0 radical (unpaired) electrons. The summed E-state index contributed by atoms with van der Waals surface area (Å²) in [5.41, 5.74) is 0. The van der Waals surface area contributed by atoms with Crippen molar-refractivity contribution in [2.45, 2.75) is 0 Å². The molecule has 0 fully saturated rings. The standard InChI is InChI=1S/CH4OS2.Na/c1-4(2)3;/h1H3,(H,2,3);/q;+1/p-1. The van der Waals surface area contributed by atoms with Crippen LogP contribution >= 0.6 is 0 Å². The quantitative estimate of drug-likeness (QED) is 0.313. The van der Waals surface area contributed by atoms with Crippen LogP contribution in [0.1, 0.15) is 0 Å². The van der Waals surface area contributed by atoms with Gasteiger partial charge in [-0.2, -0.15) is 0 Å². The molecule has 0 bridgehead atoms. The van der Waals surface area contributed by atoms with Crippen molar-refractivity contribution in [3.8, 4) is 0 Å². The van der Waals surface area contributed by atoms with Gasteiger partial charge >= 0.3 is 29.6 Å². The maximum Gasteiger partial charge on any atom is 1.00 e. The number of rotatable bonds is 0. The molecule has 0 N–H and O–H groups in total. The molecule has 0 aromatic rings. The molecule has 0 rings (SSSR count). The van der Waals surface area contributed by atoms with E-state index in [1.807, 2.05) is 0 Å². The zero-order chi connectivity index (χ0) is 3.58. The Morgan fingerprint density at radius 1 is 1.80 bits per heavy atom. The van der Waals surface area contributed by atoms with E-state index in [4.69, 9.17) is 0 Å². The Labute approximate surface area is 60.9 Å². The minimum absolute atomic E-state index is 0. The van der Waals surface area contributed by atoms with Gasteiger partial charge in [0.2, 0.25) is 0 Å². The van der Waals surface area contributed by atoms with Crippen LogP contribution in [0.5, 0.6) is 0 Å². The first-order valence-electron chi connectivity index (χ1n) is 0.742. The molecule has 0 aliphatic rings.